The van der Waals surface area contributed by atoms with Crippen molar-refractivity contribution in [3.8, 4) is 0 Å². The van der Waals surface area contributed by atoms with Gasteiger partial charge in [-0.3, -0.25) is 38.4 Å². The molecule has 1 aliphatic rings. The summed E-state index contributed by atoms with van der Waals surface area (Å²) in [5, 5.41) is 19.0. The monoisotopic (exact) mass is 901 g/mol. The van der Waals surface area contributed by atoms with E-state index in [9.17, 15) is 43.5 Å². The van der Waals surface area contributed by atoms with Gasteiger partial charge in [-0.2, -0.15) is 0 Å². The number of carbonyl (C=O) groups excluding carboxylic acids is 8. The summed E-state index contributed by atoms with van der Waals surface area (Å²) in [6, 6.07) is 1.03. The highest BCUT2D eigenvalue weighted by atomic mass is 16.5. The molecule has 2 rings (SSSR count). The van der Waals surface area contributed by atoms with Crippen LogP contribution < -0.4 is 16.0 Å². The average Bonchev–Trinajstić information content (AvgIpc) is 3.21. The van der Waals surface area contributed by atoms with Crippen molar-refractivity contribution in [3.63, 3.8) is 0 Å². The Morgan fingerprint density at radius 1 is 0.672 bits per heavy atom. The summed E-state index contributed by atoms with van der Waals surface area (Å²) in [4.78, 5) is 119. The molecular formula is C46H76N8O10. The largest absolute Gasteiger partial charge is 0.391 e. The highest BCUT2D eigenvalue weighted by molar-refractivity contribution is 5.97. The van der Waals surface area contributed by atoms with Crippen LogP contribution in [-0.4, -0.2) is 179 Å². The molecule has 64 heavy (non-hydrogen) atoms. The zero-order valence-electron chi connectivity index (χ0n) is 40.8. The van der Waals surface area contributed by atoms with Gasteiger partial charge in [0.25, 0.3) is 0 Å². The maximum Gasteiger partial charge on any atom is 0.248 e. The number of aliphatic hydroxyl groups excluding tert-OH is 1. The van der Waals surface area contributed by atoms with Crippen molar-refractivity contribution in [2.75, 3.05) is 48.4 Å². The van der Waals surface area contributed by atoms with Gasteiger partial charge in [0.2, 0.25) is 47.3 Å². The van der Waals surface area contributed by atoms with Gasteiger partial charge in [-0.15, -0.1) is 0 Å². The van der Waals surface area contributed by atoms with Crippen LogP contribution in [0, 0.1) is 11.8 Å². The summed E-state index contributed by atoms with van der Waals surface area (Å²) in [6.45, 7) is 16.4. The van der Waals surface area contributed by atoms with E-state index in [1.807, 2.05) is 45.9 Å². The minimum absolute atomic E-state index is 0.0621. The summed E-state index contributed by atoms with van der Waals surface area (Å²) in [5.41, 5.74) is -0.0000676. The zero-order chi connectivity index (χ0) is 49.0. The van der Waals surface area contributed by atoms with Gasteiger partial charge in [-0.25, -0.2) is 0 Å². The van der Waals surface area contributed by atoms with Crippen LogP contribution >= 0.6 is 0 Å². The number of carbonyl (C=O) groups is 8. The Kier molecular flexibility index (Phi) is 20.9. The molecule has 1 heterocycles. The highest BCUT2D eigenvalue weighted by Gasteiger charge is 2.40. The van der Waals surface area contributed by atoms with Gasteiger partial charge in [0.05, 0.1) is 24.9 Å². The fraction of sp³-hybridized carbons (Fsp3) is 0.696. The minimum Gasteiger partial charge on any atom is -0.391 e. The molecule has 0 radical (unpaired) electrons. The average molecular weight is 901 g/mol. The zero-order valence-corrected chi connectivity index (χ0v) is 40.8. The fourth-order valence-electron chi connectivity index (χ4n) is 7.33. The number of hydrogen-bond donors (Lipinski definition) is 4. The molecule has 1 aliphatic heterocycles. The van der Waals surface area contributed by atoms with Crippen molar-refractivity contribution in [1.29, 1.82) is 0 Å². The van der Waals surface area contributed by atoms with E-state index < -0.39 is 108 Å². The third-order valence-corrected chi connectivity index (χ3v) is 11.3. The van der Waals surface area contributed by atoms with E-state index in [4.69, 9.17) is 4.74 Å². The lowest BCUT2D eigenvalue weighted by atomic mass is 9.98. The second-order valence-electron chi connectivity index (χ2n) is 19.1. The molecule has 18 heteroatoms. The summed E-state index contributed by atoms with van der Waals surface area (Å²) in [7, 11) is 7.11. The summed E-state index contributed by atoms with van der Waals surface area (Å²) >= 11 is 0. The number of hydrogen-bond acceptors (Lipinski definition) is 10. The van der Waals surface area contributed by atoms with Gasteiger partial charge in [-0.05, 0) is 71.8 Å². The Hall–Kier alpha value is -5.10. The molecule has 1 aromatic rings. The first-order valence-electron chi connectivity index (χ1n) is 22.1. The standard InChI is InChI=1S/C46H76N8O10/c1-27(2)21-34-40(58)47-29(5)23-38(57)51(12)30(6)42(60)54(15)36(24-32-19-17-16-18-20-32)44(62)53(14)35(22-28(3)4)41(59)49-39(31(7)55)45(63)50(11)25-37(56)48-33(43(61)52(34)13)26-64-46(8,9)10/h16-20,27-31,33-36,39,55H,21-26H2,1-15H3,(H,47,58)(H,48,56)(H,49,59)/t29-,30+,31+,33-,34-,35-,36-,39-/m0/s1. The highest BCUT2D eigenvalue weighted by Crippen LogP contribution is 2.20. The van der Waals surface area contributed by atoms with Gasteiger partial charge in [0.1, 0.15) is 36.3 Å². The SMILES string of the molecule is CC(C)C[C@H]1C(=O)N[C@@H](C)CC(=O)N(C)[C@H](C)C(=O)N(C)[C@@H](Cc2ccccc2)C(=O)N(C)[C@@H](CC(C)C)C(=O)N[C@@H]([C@@H](C)O)C(=O)N(C)CC(=O)N[C@@H](COC(C)(C)C)C(=O)N1C. The number of benzene rings is 1. The Labute approximate surface area is 380 Å². The van der Waals surface area contributed by atoms with E-state index in [0.717, 1.165) is 10.5 Å². The molecule has 0 aromatic heterocycles. The van der Waals surface area contributed by atoms with Gasteiger partial charge in [-0.1, -0.05) is 58.0 Å². The quantitative estimate of drug-likeness (QED) is 0.278. The van der Waals surface area contributed by atoms with Crippen molar-refractivity contribution in [1.82, 2.24) is 40.4 Å². The molecule has 0 saturated carbocycles. The minimum atomic E-state index is -1.55. The van der Waals surface area contributed by atoms with Crippen LogP contribution in [0.3, 0.4) is 0 Å². The summed E-state index contributed by atoms with van der Waals surface area (Å²) in [6.07, 6.45) is -1.21. The van der Waals surface area contributed by atoms with E-state index in [-0.39, 0.29) is 44.1 Å². The first-order chi connectivity index (χ1) is 29.6. The van der Waals surface area contributed by atoms with E-state index in [2.05, 4.69) is 16.0 Å². The van der Waals surface area contributed by atoms with Gasteiger partial charge in [0.15, 0.2) is 0 Å². The van der Waals surface area contributed by atoms with E-state index in [1.165, 1.54) is 68.7 Å². The molecule has 0 bridgehead atoms. The van der Waals surface area contributed by atoms with E-state index in [1.54, 1.807) is 39.8 Å². The molecule has 0 unspecified atom stereocenters. The van der Waals surface area contributed by atoms with Gasteiger partial charge in [0, 0.05) is 54.1 Å². The van der Waals surface area contributed by atoms with Gasteiger partial charge >= 0.3 is 0 Å². The molecule has 1 aromatic carbocycles. The van der Waals surface area contributed by atoms with Crippen LogP contribution in [-0.2, 0) is 49.5 Å². The maximum atomic E-state index is 14.7. The molecule has 18 nitrogen and oxygen atoms in total. The van der Waals surface area contributed by atoms with Crippen LogP contribution in [0.4, 0.5) is 0 Å². The topological polar surface area (TPSA) is 218 Å². The van der Waals surface area contributed by atoms with Crippen LogP contribution in [0.15, 0.2) is 30.3 Å². The molecule has 1 saturated heterocycles. The van der Waals surface area contributed by atoms with Crippen molar-refractivity contribution >= 4 is 47.3 Å². The molecule has 0 spiro atoms. The lowest BCUT2D eigenvalue weighted by Gasteiger charge is -2.37. The van der Waals surface area contributed by atoms with Crippen molar-refractivity contribution < 1.29 is 48.2 Å². The molecule has 0 aliphatic carbocycles. The van der Waals surface area contributed by atoms with E-state index in [0.29, 0.717) is 0 Å². The number of nitrogens with one attached hydrogen (secondary N) is 3. The Morgan fingerprint density at radius 2 is 1.17 bits per heavy atom. The Balaban J connectivity index is 2.76. The predicted octanol–water partition coefficient (Wildman–Crippen LogP) is 1.18. The number of likely N-dealkylation sites (N-methyl/N-ethyl adjacent to an activating group) is 5. The molecule has 8 atom stereocenters. The summed E-state index contributed by atoms with van der Waals surface area (Å²) in [5.74, 6) is -5.33. The first kappa shape index (κ1) is 55.0. The molecule has 1 fully saturated rings. The summed E-state index contributed by atoms with van der Waals surface area (Å²) < 4.78 is 5.93. The molecular weight excluding hydrogens is 825 g/mol. The van der Waals surface area contributed by atoms with Crippen LogP contribution in [0.2, 0.25) is 0 Å². The second-order valence-corrected chi connectivity index (χ2v) is 19.1. The van der Waals surface area contributed by atoms with Gasteiger partial charge < -0.3 is 50.3 Å². The normalized spacial score (nSPS) is 25.9. The number of nitrogens with zero attached hydrogens (tertiary/aromatic N) is 5. The molecule has 4 N–H and O–H groups in total. The van der Waals surface area contributed by atoms with Crippen molar-refractivity contribution in [3.05, 3.63) is 35.9 Å². The second kappa shape index (κ2) is 24.3. The number of amides is 8. The lowest BCUT2D eigenvalue weighted by Crippen LogP contribution is -2.61. The number of rotatable bonds is 9. The van der Waals surface area contributed by atoms with Crippen molar-refractivity contribution in [2.45, 2.75) is 149 Å². The van der Waals surface area contributed by atoms with E-state index >= 15 is 0 Å². The third kappa shape index (κ3) is 16.2. The van der Waals surface area contributed by atoms with Crippen molar-refractivity contribution in [2.24, 2.45) is 11.8 Å². The van der Waals surface area contributed by atoms with Crippen LogP contribution in [0.5, 0.6) is 0 Å². The van der Waals surface area contributed by atoms with Crippen LogP contribution in [0.25, 0.3) is 0 Å². The Bertz CT molecular complexity index is 1780. The molecule has 360 valence electrons. The first-order valence-corrected chi connectivity index (χ1v) is 22.1. The molecule has 8 amide bonds. The van der Waals surface area contributed by atoms with Crippen LogP contribution in [0.1, 0.15) is 94.1 Å². The Morgan fingerprint density at radius 3 is 1.67 bits per heavy atom. The number of aliphatic hydroxyl groups is 1. The maximum absolute atomic E-state index is 14.7. The predicted molar refractivity (Wildman–Crippen MR) is 242 cm³/mol. The smallest absolute Gasteiger partial charge is 0.248 e. The lowest BCUT2D eigenvalue weighted by molar-refractivity contribution is -0.152. The fourth-order valence-corrected chi connectivity index (χ4v) is 7.33. The third-order valence-electron chi connectivity index (χ3n) is 11.3. The number of ether oxygens (including phenoxy) is 1.